The van der Waals surface area contributed by atoms with Crippen LogP contribution < -0.4 is 5.32 Å². The molecule has 1 aromatic heterocycles. The molecule has 9 heteroatoms. The molecule has 0 unspecified atom stereocenters. The molecule has 0 aliphatic carbocycles. The smallest absolute Gasteiger partial charge is 0.321 e. The van der Waals surface area contributed by atoms with Gasteiger partial charge in [0.05, 0.1) is 10.2 Å². The molecule has 2 aromatic carbocycles. The van der Waals surface area contributed by atoms with Gasteiger partial charge in [0.2, 0.25) is 0 Å². The van der Waals surface area contributed by atoms with E-state index in [-0.39, 0.29) is 25.9 Å². The molecule has 146 valence electrons. The Balaban J connectivity index is 1.52. The van der Waals surface area contributed by atoms with E-state index < -0.39 is 23.6 Å². The van der Waals surface area contributed by atoms with Crippen LogP contribution in [0.2, 0.25) is 0 Å². The first kappa shape index (κ1) is 18.7. The summed E-state index contributed by atoms with van der Waals surface area (Å²) in [5.74, 6) is -4.59. The number of nitrogens with zero attached hydrogens (tertiary/aromatic N) is 2. The fourth-order valence-corrected chi connectivity index (χ4v) is 3.94. The Morgan fingerprint density at radius 2 is 1.82 bits per heavy atom. The maximum Gasteiger partial charge on any atom is 0.321 e. The van der Waals surface area contributed by atoms with Crippen molar-refractivity contribution < 1.29 is 22.4 Å². The second-order valence-corrected chi connectivity index (χ2v) is 7.63. The van der Waals surface area contributed by atoms with Crippen LogP contribution in [0.15, 0.2) is 36.4 Å². The first-order valence-corrected chi connectivity index (χ1v) is 9.42. The second-order valence-electron chi connectivity index (χ2n) is 6.60. The number of benzene rings is 2. The Bertz CT molecular complexity index is 1040. The number of carbonyl (C=O) groups is 1. The van der Waals surface area contributed by atoms with Crippen LogP contribution >= 0.6 is 11.3 Å². The summed E-state index contributed by atoms with van der Waals surface area (Å²) < 4.78 is 53.8. The average molecular weight is 409 g/mol. The number of urea groups is 1. The molecule has 2 amide bonds. The van der Waals surface area contributed by atoms with Gasteiger partial charge in [0.25, 0.3) is 5.92 Å². The monoisotopic (exact) mass is 409 g/mol. The molecule has 0 radical (unpaired) electrons. The molecule has 4 rings (SSSR count). The Labute approximate surface area is 161 Å². The van der Waals surface area contributed by atoms with Crippen molar-refractivity contribution in [3.05, 3.63) is 48.0 Å². The van der Waals surface area contributed by atoms with Gasteiger partial charge in [0.1, 0.15) is 5.01 Å². The minimum Gasteiger partial charge on any atom is -0.324 e. The van der Waals surface area contributed by atoms with Crippen LogP contribution in [-0.2, 0) is 0 Å². The lowest BCUT2D eigenvalue weighted by atomic mass is 10.1. The third-order valence-electron chi connectivity index (χ3n) is 4.59. The van der Waals surface area contributed by atoms with Crippen LogP contribution in [0.5, 0.6) is 0 Å². The molecule has 2 heterocycles. The predicted molar refractivity (Wildman–Crippen MR) is 99.7 cm³/mol. The van der Waals surface area contributed by atoms with Crippen molar-refractivity contribution in [1.29, 1.82) is 0 Å². The predicted octanol–water partition coefficient (Wildman–Crippen LogP) is 5.50. The number of anilines is 1. The molecule has 28 heavy (non-hydrogen) atoms. The molecule has 1 N–H and O–H groups in total. The van der Waals surface area contributed by atoms with E-state index in [4.69, 9.17) is 0 Å². The molecule has 0 spiro atoms. The van der Waals surface area contributed by atoms with E-state index in [9.17, 15) is 22.4 Å². The van der Waals surface area contributed by atoms with Gasteiger partial charge in [-0.3, -0.25) is 0 Å². The van der Waals surface area contributed by atoms with Gasteiger partial charge in [-0.15, -0.1) is 11.3 Å². The normalized spacial score (nSPS) is 16.4. The van der Waals surface area contributed by atoms with Gasteiger partial charge in [0, 0.05) is 37.2 Å². The third-order valence-corrected chi connectivity index (χ3v) is 5.67. The quantitative estimate of drug-likeness (QED) is 0.568. The summed E-state index contributed by atoms with van der Waals surface area (Å²) in [4.78, 5) is 18.1. The zero-order valence-corrected chi connectivity index (χ0v) is 15.3. The Kier molecular flexibility index (Phi) is 4.70. The van der Waals surface area contributed by atoms with E-state index in [0.29, 0.717) is 21.8 Å². The van der Waals surface area contributed by atoms with E-state index in [1.807, 2.05) is 0 Å². The van der Waals surface area contributed by atoms with Gasteiger partial charge in [-0.1, -0.05) is 0 Å². The number of carbonyl (C=O) groups excluding carboxylic acids is 1. The van der Waals surface area contributed by atoms with Gasteiger partial charge in [-0.05, 0) is 36.4 Å². The summed E-state index contributed by atoms with van der Waals surface area (Å²) in [7, 11) is 0. The van der Waals surface area contributed by atoms with E-state index in [0.717, 1.165) is 16.8 Å². The van der Waals surface area contributed by atoms with Crippen molar-refractivity contribution >= 4 is 33.3 Å². The van der Waals surface area contributed by atoms with E-state index in [1.54, 1.807) is 18.2 Å². The van der Waals surface area contributed by atoms with Crippen LogP contribution in [-0.4, -0.2) is 34.9 Å². The molecule has 1 fully saturated rings. The summed E-state index contributed by atoms with van der Waals surface area (Å²) in [6.07, 6.45) is -0.688. The van der Waals surface area contributed by atoms with Crippen molar-refractivity contribution in [2.24, 2.45) is 0 Å². The summed E-state index contributed by atoms with van der Waals surface area (Å²) in [5.41, 5.74) is 1.53. The van der Waals surface area contributed by atoms with Gasteiger partial charge in [0.15, 0.2) is 11.6 Å². The number of nitrogens with one attached hydrogen (secondary N) is 1. The maximum atomic E-state index is 13.5. The number of hydrogen-bond acceptors (Lipinski definition) is 3. The van der Waals surface area contributed by atoms with Gasteiger partial charge < -0.3 is 10.2 Å². The number of likely N-dealkylation sites (tertiary alicyclic amines) is 1. The minimum absolute atomic E-state index is 0.00193. The first-order valence-electron chi connectivity index (χ1n) is 8.60. The average Bonchev–Trinajstić information content (AvgIpc) is 3.07. The van der Waals surface area contributed by atoms with Crippen molar-refractivity contribution in [2.75, 3.05) is 18.4 Å². The van der Waals surface area contributed by atoms with Gasteiger partial charge in [-0.25, -0.2) is 27.3 Å². The zero-order valence-electron chi connectivity index (χ0n) is 14.5. The highest BCUT2D eigenvalue weighted by atomic mass is 32.1. The van der Waals surface area contributed by atoms with E-state index in [1.165, 1.54) is 22.3 Å². The molecule has 1 aliphatic rings. The minimum atomic E-state index is -2.72. The number of halogens is 4. The molecule has 0 bridgehead atoms. The molecule has 3 aromatic rings. The van der Waals surface area contributed by atoms with Crippen molar-refractivity contribution in [3.63, 3.8) is 0 Å². The Morgan fingerprint density at radius 1 is 1.07 bits per heavy atom. The van der Waals surface area contributed by atoms with Crippen LogP contribution in [0.4, 0.5) is 28.0 Å². The lowest BCUT2D eigenvalue weighted by Crippen LogP contribution is -2.44. The van der Waals surface area contributed by atoms with Crippen LogP contribution in [0.25, 0.3) is 20.8 Å². The SMILES string of the molecule is O=C(Nc1ccc2sc(-c3ccc(F)c(F)c3)nc2c1)N1CCC(F)(F)CC1. The summed E-state index contributed by atoms with van der Waals surface area (Å²) in [6.45, 7) is -0.00385. The molecule has 4 nitrogen and oxygen atoms in total. The number of fused-ring (bicyclic) bond motifs is 1. The van der Waals surface area contributed by atoms with Crippen molar-refractivity contribution in [1.82, 2.24) is 9.88 Å². The maximum absolute atomic E-state index is 13.5. The molecule has 0 atom stereocenters. The summed E-state index contributed by atoms with van der Waals surface area (Å²) in [6, 6.07) is 8.25. The number of amides is 2. The third kappa shape index (κ3) is 3.80. The molecule has 0 saturated carbocycles. The second kappa shape index (κ2) is 7.05. The van der Waals surface area contributed by atoms with E-state index >= 15 is 0 Å². The Morgan fingerprint density at radius 3 is 2.54 bits per heavy atom. The highest BCUT2D eigenvalue weighted by Gasteiger charge is 2.35. The number of piperidine rings is 1. The molecular formula is C19H15F4N3OS. The number of hydrogen-bond donors (Lipinski definition) is 1. The lowest BCUT2D eigenvalue weighted by Gasteiger charge is -2.31. The highest BCUT2D eigenvalue weighted by Crippen LogP contribution is 2.32. The zero-order chi connectivity index (χ0) is 19.9. The number of rotatable bonds is 2. The first-order chi connectivity index (χ1) is 13.3. The Hall–Kier alpha value is -2.68. The fourth-order valence-electron chi connectivity index (χ4n) is 3.00. The molecule has 1 saturated heterocycles. The summed E-state index contributed by atoms with van der Waals surface area (Å²) in [5, 5.41) is 3.22. The van der Waals surface area contributed by atoms with Crippen LogP contribution in [0.3, 0.4) is 0 Å². The number of aromatic nitrogens is 1. The largest absolute Gasteiger partial charge is 0.324 e. The van der Waals surface area contributed by atoms with Crippen LogP contribution in [0.1, 0.15) is 12.8 Å². The number of thiazole rings is 1. The van der Waals surface area contributed by atoms with Gasteiger partial charge in [-0.2, -0.15) is 0 Å². The molecular weight excluding hydrogens is 394 g/mol. The topological polar surface area (TPSA) is 45.2 Å². The summed E-state index contributed by atoms with van der Waals surface area (Å²) >= 11 is 1.31. The van der Waals surface area contributed by atoms with E-state index in [2.05, 4.69) is 10.3 Å². The lowest BCUT2D eigenvalue weighted by molar-refractivity contribution is -0.0461. The highest BCUT2D eigenvalue weighted by molar-refractivity contribution is 7.21. The standard InChI is InChI=1S/C19H15F4N3OS/c20-13-3-1-11(9-14(13)21)17-25-15-10-12(2-4-16(15)28-17)24-18(27)26-7-5-19(22,23)6-8-26/h1-4,9-10H,5-8H2,(H,24,27). The van der Waals surface area contributed by atoms with Crippen molar-refractivity contribution in [3.8, 4) is 10.6 Å². The van der Waals surface area contributed by atoms with Crippen molar-refractivity contribution in [2.45, 2.75) is 18.8 Å². The number of alkyl halides is 2. The fraction of sp³-hybridized carbons (Fsp3) is 0.263. The molecule has 1 aliphatic heterocycles. The van der Waals surface area contributed by atoms with Crippen LogP contribution in [0, 0.1) is 11.6 Å². The van der Waals surface area contributed by atoms with Gasteiger partial charge >= 0.3 is 6.03 Å².